The predicted octanol–water partition coefficient (Wildman–Crippen LogP) is 2.42. The Bertz CT molecular complexity index is 443. The monoisotopic (exact) mass is 261 g/mol. The third kappa shape index (κ3) is 4.51. The number of hydrogen-bond acceptors (Lipinski definition) is 2. The smallest absolute Gasteiger partial charge is 0.215 e. The highest BCUT2D eigenvalue weighted by Gasteiger charge is 2.13. The highest BCUT2D eigenvalue weighted by molar-refractivity contribution is 7.88. The molecule has 0 amide bonds. The first kappa shape index (κ1) is 13.5. The number of benzene rings is 1. The van der Waals surface area contributed by atoms with Crippen LogP contribution in [-0.2, 0) is 15.8 Å². The van der Waals surface area contributed by atoms with Crippen LogP contribution in [0.3, 0.4) is 0 Å². The van der Waals surface area contributed by atoms with Crippen molar-refractivity contribution in [1.29, 1.82) is 0 Å². The van der Waals surface area contributed by atoms with Crippen LogP contribution in [0.5, 0.6) is 0 Å². The molecular weight excluding hydrogens is 246 g/mol. The molecule has 1 aromatic carbocycles. The maximum atomic E-state index is 11.7. The molecule has 0 spiro atoms. The minimum absolute atomic E-state index is 0.0700. The lowest BCUT2D eigenvalue weighted by Gasteiger charge is -2.09. The van der Waals surface area contributed by atoms with Gasteiger partial charge in [0.1, 0.15) is 0 Å². The van der Waals surface area contributed by atoms with Crippen LogP contribution in [0.15, 0.2) is 24.3 Å². The van der Waals surface area contributed by atoms with Crippen LogP contribution in [0, 0.1) is 5.92 Å². The van der Waals surface area contributed by atoms with Gasteiger partial charge in [0.05, 0.1) is 5.75 Å². The Morgan fingerprint density at radius 3 is 2.50 bits per heavy atom. The first-order chi connectivity index (χ1) is 7.41. The van der Waals surface area contributed by atoms with Gasteiger partial charge in [-0.3, -0.25) is 0 Å². The van der Waals surface area contributed by atoms with E-state index in [4.69, 9.17) is 11.6 Å². The molecule has 1 N–H and O–H groups in total. The fraction of sp³-hybridized carbons (Fsp3) is 0.455. The molecule has 0 aliphatic rings. The zero-order valence-electron chi connectivity index (χ0n) is 9.40. The van der Waals surface area contributed by atoms with E-state index in [0.29, 0.717) is 23.0 Å². The predicted molar refractivity (Wildman–Crippen MR) is 66.9 cm³/mol. The van der Waals surface area contributed by atoms with E-state index in [2.05, 4.69) is 4.72 Å². The summed E-state index contributed by atoms with van der Waals surface area (Å²) in [6.45, 7) is 4.36. The van der Waals surface area contributed by atoms with Crippen molar-refractivity contribution in [2.24, 2.45) is 5.92 Å². The van der Waals surface area contributed by atoms with Crippen molar-refractivity contribution >= 4 is 21.6 Å². The highest BCUT2D eigenvalue weighted by Crippen LogP contribution is 2.17. The Kier molecular flexibility index (Phi) is 4.77. The molecule has 0 aromatic heterocycles. The average molecular weight is 262 g/mol. The summed E-state index contributed by atoms with van der Waals surface area (Å²) < 4.78 is 25.9. The maximum absolute atomic E-state index is 11.7. The Morgan fingerprint density at radius 1 is 1.31 bits per heavy atom. The number of nitrogens with one attached hydrogen (secondary N) is 1. The summed E-state index contributed by atoms with van der Waals surface area (Å²) >= 11 is 5.90. The van der Waals surface area contributed by atoms with E-state index >= 15 is 0 Å². The lowest BCUT2D eigenvalue weighted by atomic mass is 10.2. The molecule has 0 heterocycles. The Balaban J connectivity index is 2.70. The molecule has 0 saturated heterocycles. The van der Waals surface area contributed by atoms with Gasteiger partial charge in [0.15, 0.2) is 0 Å². The summed E-state index contributed by atoms with van der Waals surface area (Å²) in [5.74, 6) is 0.223. The van der Waals surface area contributed by atoms with Crippen LogP contribution in [-0.4, -0.2) is 15.0 Å². The van der Waals surface area contributed by atoms with Gasteiger partial charge in [-0.2, -0.15) is 0 Å². The molecule has 3 nitrogen and oxygen atoms in total. The van der Waals surface area contributed by atoms with Crippen LogP contribution in [0.25, 0.3) is 0 Å². The van der Waals surface area contributed by atoms with Crippen molar-refractivity contribution in [3.8, 4) is 0 Å². The molecule has 0 radical (unpaired) electrons. The largest absolute Gasteiger partial charge is 0.215 e. The third-order valence-electron chi connectivity index (χ3n) is 2.01. The van der Waals surface area contributed by atoms with E-state index in [1.165, 1.54) is 0 Å². The third-order valence-corrected chi connectivity index (χ3v) is 3.68. The summed E-state index contributed by atoms with van der Waals surface area (Å²) in [6.07, 6.45) is 0. The van der Waals surface area contributed by atoms with Gasteiger partial charge < -0.3 is 0 Å². The normalized spacial score (nSPS) is 12.0. The number of sulfonamides is 1. The summed E-state index contributed by atoms with van der Waals surface area (Å²) in [7, 11) is -3.29. The van der Waals surface area contributed by atoms with Crippen molar-refractivity contribution in [3.05, 3.63) is 34.9 Å². The zero-order valence-corrected chi connectivity index (χ0v) is 11.0. The minimum Gasteiger partial charge on any atom is -0.215 e. The topological polar surface area (TPSA) is 46.2 Å². The van der Waals surface area contributed by atoms with Crippen LogP contribution in [0.4, 0.5) is 0 Å². The molecule has 1 rings (SSSR count). The summed E-state index contributed by atoms with van der Waals surface area (Å²) in [5, 5.41) is 0.484. The average Bonchev–Trinajstić information content (AvgIpc) is 2.19. The molecule has 0 aliphatic carbocycles. The molecule has 5 heteroatoms. The van der Waals surface area contributed by atoms with Crippen molar-refractivity contribution in [2.75, 3.05) is 6.54 Å². The molecule has 1 aromatic rings. The van der Waals surface area contributed by atoms with Gasteiger partial charge >= 0.3 is 0 Å². The van der Waals surface area contributed by atoms with E-state index < -0.39 is 10.0 Å². The Labute approximate surface area is 102 Å². The Hall–Kier alpha value is -0.580. The summed E-state index contributed by atoms with van der Waals surface area (Å²) in [6, 6.07) is 6.96. The number of halogens is 1. The molecule has 0 bridgehead atoms. The highest BCUT2D eigenvalue weighted by atomic mass is 35.5. The van der Waals surface area contributed by atoms with Crippen molar-refractivity contribution < 1.29 is 8.42 Å². The second kappa shape index (κ2) is 5.66. The molecule has 0 aliphatic heterocycles. The molecule has 0 saturated carbocycles. The molecule has 0 fully saturated rings. The standard InChI is InChI=1S/C11H16ClNO2S/c1-9(2)7-13-16(14,15)8-10-5-3-4-6-11(10)12/h3-6,9,13H,7-8H2,1-2H3. The molecule has 90 valence electrons. The van der Waals surface area contributed by atoms with Crippen LogP contribution in [0.2, 0.25) is 5.02 Å². The number of rotatable bonds is 5. The van der Waals surface area contributed by atoms with E-state index in [9.17, 15) is 8.42 Å². The second-order valence-corrected chi connectivity index (χ2v) is 6.31. The molecular formula is C11H16ClNO2S. The van der Waals surface area contributed by atoms with E-state index in [1.54, 1.807) is 24.3 Å². The van der Waals surface area contributed by atoms with Gasteiger partial charge in [0.2, 0.25) is 10.0 Å². The molecule has 0 atom stereocenters. The van der Waals surface area contributed by atoms with Gasteiger partial charge in [0.25, 0.3) is 0 Å². The second-order valence-electron chi connectivity index (χ2n) is 4.09. The quantitative estimate of drug-likeness (QED) is 0.885. The van der Waals surface area contributed by atoms with Crippen LogP contribution < -0.4 is 4.72 Å². The number of hydrogen-bond donors (Lipinski definition) is 1. The zero-order chi connectivity index (χ0) is 12.2. The minimum atomic E-state index is -3.29. The fourth-order valence-electron chi connectivity index (χ4n) is 1.16. The van der Waals surface area contributed by atoms with Gasteiger partial charge in [-0.05, 0) is 17.5 Å². The summed E-state index contributed by atoms with van der Waals surface area (Å²) in [4.78, 5) is 0. The van der Waals surface area contributed by atoms with E-state index in [-0.39, 0.29) is 5.75 Å². The SMILES string of the molecule is CC(C)CNS(=O)(=O)Cc1ccccc1Cl. The maximum Gasteiger partial charge on any atom is 0.215 e. The first-order valence-corrected chi connectivity index (χ1v) is 7.14. The van der Waals surface area contributed by atoms with Gasteiger partial charge in [0, 0.05) is 11.6 Å². The van der Waals surface area contributed by atoms with Crippen LogP contribution >= 0.6 is 11.6 Å². The first-order valence-electron chi connectivity index (χ1n) is 5.11. The van der Waals surface area contributed by atoms with Crippen molar-refractivity contribution in [2.45, 2.75) is 19.6 Å². The van der Waals surface area contributed by atoms with Gasteiger partial charge in [-0.15, -0.1) is 0 Å². The lowest BCUT2D eigenvalue weighted by molar-refractivity contribution is 0.559. The van der Waals surface area contributed by atoms with Gasteiger partial charge in [-0.25, -0.2) is 13.1 Å². The van der Waals surface area contributed by atoms with Crippen molar-refractivity contribution in [3.63, 3.8) is 0 Å². The van der Waals surface area contributed by atoms with Crippen LogP contribution in [0.1, 0.15) is 19.4 Å². The lowest BCUT2D eigenvalue weighted by Crippen LogP contribution is -2.28. The Morgan fingerprint density at radius 2 is 1.94 bits per heavy atom. The molecule has 16 heavy (non-hydrogen) atoms. The molecule has 0 unspecified atom stereocenters. The van der Waals surface area contributed by atoms with Crippen molar-refractivity contribution in [1.82, 2.24) is 4.72 Å². The summed E-state index contributed by atoms with van der Waals surface area (Å²) in [5.41, 5.74) is 0.625. The van der Waals surface area contributed by atoms with Gasteiger partial charge in [-0.1, -0.05) is 43.6 Å². The fourth-order valence-corrected chi connectivity index (χ4v) is 2.80. The van der Waals surface area contributed by atoms with E-state index in [0.717, 1.165) is 0 Å². The van der Waals surface area contributed by atoms with E-state index in [1.807, 2.05) is 13.8 Å².